The second kappa shape index (κ2) is 5.78. The number of carbonyl (C=O) groups excluding carboxylic acids is 1. The molecule has 0 spiro atoms. The molecule has 0 radical (unpaired) electrons. The fourth-order valence-electron chi connectivity index (χ4n) is 3.15. The summed E-state index contributed by atoms with van der Waals surface area (Å²) in [5.74, 6) is 0.101. The van der Waals surface area contributed by atoms with Gasteiger partial charge in [0.25, 0.3) is 5.91 Å². The Morgan fingerprint density at radius 2 is 2.20 bits per heavy atom. The summed E-state index contributed by atoms with van der Waals surface area (Å²) in [5.41, 5.74) is 0.730. The topological polar surface area (TPSA) is 45.5 Å². The summed E-state index contributed by atoms with van der Waals surface area (Å²) in [4.78, 5) is 14.7. The van der Waals surface area contributed by atoms with Crippen LogP contribution in [0.4, 0.5) is 0 Å². The lowest BCUT2D eigenvalue weighted by Gasteiger charge is -2.25. The first kappa shape index (κ1) is 14.0. The van der Waals surface area contributed by atoms with Crippen LogP contribution in [-0.2, 0) is 0 Å². The van der Waals surface area contributed by atoms with Crippen LogP contribution in [0.3, 0.4) is 0 Å². The number of carbonyl (C=O) groups is 1. The third-order valence-electron chi connectivity index (χ3n) is 4.31. The molecule has 1 atom stereocenters. The standard InChI is InChI=1S/C15H21ClN2O2/c16-11-9-14(18(10-11)13-5-6-13)15(20)17-7-1-3-12(17)4-2-8-19/h9-10,12-13,19H,1-8H2. The minimum absolute atomic E-state index is 0.101. The Morgan fingerprint density at radius 3 is 2.90 bits per heavy atom. The molecule has 5 heteroatoms. The number of aromatic nitrogens is 1. The van der Waals surface area contributed by atoms with E-state index in [1.54, 1.807) is 6.07 Å². The van der Waals surface area contributed by atoms with E-state index in [4.69, 9.17) is 16.7 Å². The Hall–Kier alpha value is -1.00. The van der Waals surface area contributed by atoms with Crippen LogP contribution in [0.15, 0.2) is 12.3 Å². The van der Waals surface area contributed by atoms with Crippen molar-refractivity contribution < 1.29 is 9.90 Å². The van der Waals surface area contributed by atoms with Crippen molar-refractivity contribution in [2.45, 2.75) is 50.6 Å². The van der Waals surface area contributed by atoms with Crippen LogP contribution in [0, 0.1) is 0 Å². The monoisotopic (exact) mass is 296 g/mol. The van der Waals surface area contributed by atoms with Gasteiger partial charge in [0.15, 0.2) is 0 Å². The zero-order valence-corrected chi connectivity index (χ0v) is 12.4. The quantitative estimate of drug-likeness (QED) is 0.908. The van der Waals surface area contributed by atoms with Gasteiger partial charge in [-0.1, -0.05) is 11.6 Å². The number of aliphatic hydroxyl groups is 1. The van der Waals surface area contributed by atoms with Gasteiger partial charge in [0.05, 0.1) is 5.02 Å². The number of likely N-dealkylation sites (tertiary alicyclic amines) is 1. The second-order valence-electron chi connectivity index (χ2n) is 5.84. The summed E-state index contributed by atoms with van der Waals surface area (Å²) in [7, 11) is 0. The zero-order chi connectivity index (χ0) is 14.1. The number of amides is 1. The Kier molecular flexibility index (Phi) is 4.03. The van der Waals surface area contributed by atoms with Crippen molar-refractivity contribution in [1.82, 2.24) is 9.47 Å². The number of rotatable bonds is 5. The number of halogens is 1. The summed E-state index contributed by atoms with van der Waals surface area (Å²) in [6.45, 7) is 1.02. The van der Waals surface area contributed by atoms with Crippen LogP contribution < -0.4 is 0 Å². The lowest BCUT2D eigenvalue weighted by Crippen LogP contribution is -2.36. The van der Waals surface area contributed by atoms with Gasteiger partial charge in [0.2, 0.25) is 0 Å². The van der Waals surface area contributed by atoms with Gasteiger partial charge in [-0.25, -0.2) is 0 Å². The van der Waals surface area contributed by atoms with E-state index in [1.807, 2.05) is 15.7 Å². The average Bonchev–Trinajstić information content (AvgIpc) is 3.05. The zero-order valence-electron chi connectivity index (χ0n) is 11.6. The summed E-state index contributed by atoms with van der Waals surface area (Å²) < 4.78 is 2.05. The van der Waals surface area contributed by atoms with E-state index < -0.39 is 0 Å². The van der Waals surface area contributed by atoms with Gasteiger partial charge in [0, 0.05) is 31.4 Å². The molecule has 4 nitrogen and oxygen atoms in total. The van der Waals surface area contributed by atoms with Crippen molar-refractivity contribution in [3.63, 3.8) is 0 Å². The molecule has 0 aromatic carbocycles. The molecule has 1 aliphatic heterocycles. The Balaban J connectivity index is 1.77. The van der Waals surface area contributed by atoms with Gasteiger partial charge in [-0.05, 0) is 44.6 Å². The van der Waals surface area contributed by atoms with Crippen LogP contribution in [0.2, 0.25) is 5.02 Å². The van der Waals surface area contributed by atoms with Gasteiger partial charge in [0.1, 0.15) is 5.69 Å². The molecular weight excluding hydrogens is 276 g/mol. The number of hydrogen-bond acceptors (Lipinski definition) is 2. The van der Waals surface area contributed by atoms with Gasteiger partial charge >= 0.3 is 0 Å². The fourth-order valence-corrected chi connectivity index (χ4v) is 3.36. The van der Waals surface area contributed by atoms with Crippen LogP contribution in [0.25, 0.3) is 0 Å². The average molecular weight is 297 g/mol. The van der Waals surface area contributed by atoms with E-state index >= 15 is 0 Å². The maximum absolute atomic E-state index is 12.8. The number of nitrogens with zero attached hydrogens (tertiary/aromatic N) is 2. The van der Waals surface area contributed by atoms with E-state index in [2.05, 4.69) is 0 Å². The minimum atomic E-state index is 0.101. The van der Waals surface area contributed by atoms with E-state index in [0.29, 0.717) is 11.1 Å². The smallest absolute Gasteiger partial charge is 0.270 e. The molecule has 2 aliphatic rings. The predicted molar refractivity (Wildman–Crippen MR) is 78.1 cm³/mol. The molecule has 1 amide bonds. The third kappa shape index (κ3) is 2.72. The highest BCUT2D eigenvalue weighted by atomic mass is 35.5. The predicted octanol–water partition coefficient (Wildman–Crippen LogP) is 2.85. The molecule has 1 unspecified atom stereocenters. The Labute approximate surface area is 124 Å². The van der Waals surface area contributed by atoms with Crippen molar-refractivity contribution >= 4 is 17.5 Å². The molecule has 0 bridgehead atoms. The maximum Gasteiger partial charge on any atom is 0.270 e. The highest BCUT2D eigenvalue weighted by Gasteiger charge is 2.33. The molecule has 1 aromatic heterocycles. The third-order valence-corrected chi connectivity index (χ3v) is 4.51. The van der Waals surface area contributed by atoms with Crippen LogP contribution in [0.1, 0.15) is 55.1 Å². The lowest BCUT2D eigenvalue weighted by atomic mass is 10.1. The molecule has 1 N–H and O–H groups in total. The van der Waals surface area contributed by atoms with Gasteiger partial charge in [-0.2, -0.15) is 0 Å². The normalized spacial score (nSPS) is 22.5. The first-order valence-electron chi connectivity index (χ1n) is 7.50. The molecule has 1 aromatic rings. The highest BCUT2D eigenvalue weighted by Crippen LogP contribution is 2.38. The lowest BCUT2D eigenvalue weighted by molar-refractivity contribution is 0.0713. The molecule has 1 aliphatic carbocycles. The van der Waals surface area contributed by atoms with Crippen molar-refractivity contribution in [2.75, 3.05) is 13.2 Å². The Bertz CT molecular complexity index is 496. The van der Waals surface area contributed by atoms with Gasteiger partial charge in [-0.15, -0.1) is 0 Å². The van der Waals surface area contributed by atoms with Crippen molar-refractivity contribution in [1.29, 1.82) is 0 Å². The summed E-state index contributed by atoms with van der Waals surface area (Å²) in [6.07, 6.45) is 7.91. The van der Waals surface area contributed by atoms with E-state index in [0.717, 1.165) is 50.8 Å². The highest BCUT2D eigenvalue weighted by molar-refractivity contribution is 6.31. The summed E-state index contributed by atoms with van der Waals surface area (Å²) in [6, 6.07) is 2.53. The summed E-state index contributed by atoms with van der Waals surface area (Å²) >= 11 is 6.08. The molecule has 1 saturated carbocycles. The molecule has 2 fully saturated rings. The first-order valence-corrected chi connectivity index (χ1v) is 7.87. The Morgan fingerprint density at radius 1 is 1.40 bits per heavy atom. The van der Waals surface area contributed by atoms with Crippen LogP contribution in [-0.4, -0.2) is 39.7 Å². The molecule has 2 heterocycles. The number of hydrogen-bond donors (Lipinski definition) is 1. The maximum atomic E-state index is 12.8. The van der Waals surface area contributed by atoms with Gasteiger partial charge in [-0.3, -0.25) is 4.79 Å². The van der Waals surface area contributed by atoms with Crippen molar-refractivity contribution in [3.8, 4) is 0 Å². The van der Waals surface area contributed by atoms with Gasteiger partial charge < -0.3 is 14.6 Å². The van der Waals surface area contributed by atoms with Crippen LogP contribution >= 0.6 is 11.6 Å². The van der Waals surface area contributed by atoms with E-state index in [1.165, 1.54) is 0 Å². The second-order valence-corrected chi connectivity index (χ2v) is 6.28. The molecular formula is C15H21ClN2O2. The minimum Gasteiger partial charge on any atom is -0.396 e. The van der Waals surface area contributed by atoms with Crippen molar-refractivity contribution in [2.24, 2.45) is 0 Å². The molecule has 1 saturated heterocycles. The molecule has 110 valence electrons. The van der Waals surface area contributed by atoms with E-state index in [-0.39, 0.29) is 18.6 Å². The number of aliphatic hydroxyl groups excluding tert-OH is 1. The fraction of sp³-hybridized carbons (Fsp3) is 0.667. The first-order chi connectivity index (χ1) is 9.70. The van der Waals surface area contributed by atoms with Crippen molar-refractivity contribution in [3.05, 3.63) is 23.0 Å². The molecule has 3 rings (SSSR count). The summed E-state index contributed by atoms with van der Waals surface area (Å²) in [5, 5.41) is 9.62. The SMILES string of the molecule is O=C(c1cc(Cl)cn1C1CC1)N1CCCC1CCCO. The van der Waals surface area contributed by atoms with Crippen LogP contribution in [0.5, 0.6) is 0 Å². The largest absolute Gasteiger partial charge is 0.396 e. The van der Waals surface area contributed by atoms with E-state index in [9.17, 15) is 4.79 Å². The molecule has 20 heavy (non-hydrogen) atoms.